The molecule has 0 fully saturated rings. The number of hydrogen-bond acceptors (Lipinski definition) is 11. The Labute approximate surface area is 239 Å². The molecular formula is C29H24N8O5. The number of non-ortho nitro benzene ring substituents is 1. The summed E-state index contributed by atoms with van der Waals surface area (Å²) >= 11 is 0. The van der Waals surface area contributed by atoms with Gasteiger partial charge in [-0.05, 0) is 73.5 Å². The number of furan rings is 1. The van der Waals surface area contributed by atoms with Crippen LogP contribution in [-0.2, 0) is 0 Å². The smallest absolute Gasteiger partial charge is 0.335 e. The molecule has 4 N–H and O–H groups in total. The second-order valence-corrected chi connectivity index (χ2v) is 9.11. The largest absolute Gasteiger partial charge is 0.478 e. The second kappa shape index (κ2) is 12.0. The van der Waals surface area contributed by atoms with E-state index in [-0.39, 0.29) is 29.1 Å². The van der Waals surface area contributed by atoms with Gasteiger partial charge in [0.15, 0.2) is 0 Å². The molecule has 0 atom stereocenters. The average Bonchev–Trinajstić information content (AvgIpc) is 3.44. The van der Waals surface area contributed by atoms with Gasteiger partial charge in [-0.2, -0.15) is 20.1 Å². The minimum absolute atomic E-state index is 0.0386. The molecule has 0 radical (unpaired) electrons. The summed E-state index contributed by atoms with van der Waals surface area (Å²) in [5.74, 6) is 0.507. The van der Waals surface area contributed by atoms with Gasteiger partial charge < -0.3 is 20.2 Å². The zero-order valence-corrected chi connectivity index (χ0v) is 22.4. The normalized spacial score (nSPS) is 10.9. The van der Waals surface area contributed by atoms with Gasteiger partial charge >= 0.3 is 5.97 Å². The Morgan fingerprint density at radius 1 is 0.857 bits per heavy atom. The molecule has 13 nitrogen and oxygen atoms in total. The molecule has 0 bridgehead atoms. The number of carbonyl (C=O) groups is 1. The van der Waals surface area contributed by atoms with E-state index < -0.39 is 10.9 Å². The zero-order chi connectivity index (χ0) is 29.6. The lowest BCUT2D eigenvalue weighted by Crippen LogP contribution is -2.07. The van der Waals surface area contributed by atoms with Crippen molar-refractivity contribution >= 4 is 47.1 Å². The van der Waals surface area contributed by atoms with Crippen LogP contribution in [0.1, 0.15) is 27.2 Å². The van der Waals surface area contributed by atoms with Crippen molar-refractivity contribution in [3.05, 3.63) is 111 Å². The molecule has 5 rings (SSSR count). The number of benzene rings is 3. The summed E-state index contributed by atoms with van der Waals surface area (Å²) in [5.41, 5.74) is 7.19. The summed E-state index contributed by atoms with van der Waals surface area (Å²) in [6, 6.07) is 21.5. The summed E-state index contributed by atoms with van der Waals surface area (Å²) in [7, 11) is 0. The SMILES string of the molecule is Cc1ccc(Nc2nc(N/N=C/c3ccc(-c4ccc(C(=O)O)cc4)o3)nc(Nc3ccc([N+](=O)[O-])cc3)n2)cc1C. The molecule has 0 spiro atoms. The highest BCUT2D eigenvalue weighted by atomic mass is 16.6. The average molecular weight is 565 g/mol. The van der Waals surface area contributed by atoms with Crippen LogP contribution in [0.5, 0.6) is 0 Å². The van der Waals surface area contributed by atoms with Crippen LogP contribution in [0, 0.1) is 24.0 Å². The standard InChI is InChI=1S/C29H24N8O5/c1-17-3-8-22(15-18(17)2)32-28-33-27(31-21-9-11-23(12-10-21)37(40)41)34-29(35-28)36-30-16-24-13-14-25(42-24)19-4-6-20(7-5-19)26(38)39/h3-16H,1-2H3,(H,38,39)(H3,31,32,33,34,35,36)/b30-16+. The van der Waals surface area contributed by atoms with Crippen LogP contribution in [-0.4, -0.2) is 37.2 Å². The molecule has 0 saturated carbocycles. The van der Waals surface area contributed by atoms with Crippen molar-refractivity contribution in [1.82, 2.24) is 15.0 Å². The van der Waals surface area contributed by atoms with E-state index in [9.17, 15) is 14.9 Å². The van der Waals surface area contributed by atoms with Gasteiger partial charge in [-0.3, -0.25) is 10.1 Å². The van der Waals surface area contributed by atoms with Gasteiger partial charge in [0.2, 0.25) is 17.8 Å². The summed E-state index contributed by atoms with van der Waals surface area (Å²) in [4.78, 5) is 34.8. The fourth-order valence-corrected chi connectivity index (χ4v) is 3.79. The first-order valence-electron chi connectivity index (χ1n) is 12.6. The van der Waals surface area contributed by atoms with Gasteiger partial charge in [-0.15, -0.1) is 0 Å². The minimum Gasteiger partial charge on any atom is -0.478 e. The fraction of sp³-hybridized carbons (Fsp3) is 0.0690. The molecule has 5 aromatic rings. The van der Waals surface area contributed by atoms with E-state index in [0.717, 1.165) is 16.8 Å². The predicted octanol–water partition coefficient (Wildman–Crippen LogP) is 6.29. The topological polar surface area (TPSA) is 181 Å². The predicted molar refractivity (Wildman–Crippen MR) is 158 cm³/mol. The molecule has 0 aliphatic heterocycles. The Hall–Kier alpha value is -6.11. The number of aromatic carboxylic acids is 1. The molecule has 13 heteroatoms. The van der Waals surface area contributed by atoms with Crippen molar-refractivity contribution in [2.24, 2.45) is 5.10 Å². The second-order valence-electron chi connectivity index (χ2n) is 9.11. The lowest BCUT2D eigenvalue weighted by Gasteiger charge is -2.11. The van der Waals surface area contributed by atoms with E-state index in [2.05, 4.69) is 36.1 Å². The van der Waals surface area contributed by atoms with E-state index in [1.165, 1.54) is 30.5 Å². The van der Waals surface area contributed by atoms with Crippen molar-refractivity contribution in [3.8, 4) is 11.3 Å². The molecule has 0 aliphatic carbocycles. The molecule has 210 valence electrons. The molecule has 2 heterocycles. The highest BCUT2D eigenvalue weighted by Crippen LogP contribution is 2.24. The molecular weight excluding hydrogens is 540 g/mol. The van der Waals surface area contributed by atoms with Gasteiger partial charge in [-0.25, -0.2) is 10.2 Å². The van der Waals surface area contributed by atoms with Crippen molar-refractivity contribution in [2.75, 3.05) is 16.1 Å². The van der Waals surface area contributed by atoms with Crippen LogP contribution in [0.25, 0.3) is 11.3 Å². The summed E-state index contributed by atoms with van der Waals surface area (Å²) < 4.78 is 5.80. The number of nitrogens with zero attached hydrogens (tertiary/aromatic N) is 5. The third-order valence-corrected chi connectivity index (χ3v) is 6.13. The van der Waals surface area contributed by atoms with E-state index in [1.54, 1.807) is 36.4 Å². The maximum absolute atomic E-state index is 11.1. The summed E-state index contributed by atoms with van der Waals surface area (Å²) in [6.07, 6.45) is 1.44. The molecule has 0 saturated heterocycles. The third-order valence-electron chi connectivity index (χ3n) is 6.13. The van der Waals surface area contributed by atoms with E-state index in [1.807, 2.05) is 32.0 Å². The number of nitro benzene ring substituents is 1. The van der Waals surface area contributed by atoms with Crippen LogP contribution < -0.4 is 16.1 Å². The number of rotatable bonds is 10. The first-order chi connectivity index (χ1) is 20.2. The Kier molecular flexibility index (Phi) is 7.82. The first-order valence-corrected chi connectivity index (χ1v) is 12.6. The highest BCUT2D eigenvalue weighted by molar-refractivity contribution is 5.88. The van der Waals surface area contributed by atoms with Gasteiger partial charge in [-0.1, -0.05) is 18.2 Å². The lowest BCUT2D eigenvalue weighted by atomic mass is 10.1. The number of carboxylic acid groups (broad SMARTS) is 1. The molecule has 0 unspecified atom stereocenters. The van der Waals surface area contributed by atoms with E-state index in [4.69, 9.17) is 9.52 Å². The molecule has 2 aromatic heterocycles. The maximum Gasteiger partial charge on any atom is 0.335 e. The fourth-order valence-electron chi connectivity index (χ4n) is 3.79. The molecule has 42 heavy (non-hydrogen) atoms. The number of anilines is 5. The van der Waals surface area contributed by atoms with Crippen molar-refractivity contribution in [1.29, 1.82) is 0 Å². The monoisotopic (exact) mass is 564 g/mol. The Balaban J connectivity index is 1.35. The Morgan fingerprint density at radius 3 is 2.14 bits per heavy atom. The van der Waals surface area contributed by atoms with Crippen LogP contribution in [0.2, 0.25) is 0 Å². The van der Waals surface area contributed by atoms with Crippen LogP contribution in [0.3, 0.4) is 0 Å². The third kappa shape index (κ3) is 6.71. The van der Waals surface area contributed by atoms with Gasteiger partial charge in [0.05, 0.1) is 16.7 Å². The molecule has 3 aromatic carbocycles. The van der Waals surface area contributed by atoms with Crippen LogP contribution >= 0.6 is 0 Å². The summed E-state index contributed by atoms with van der Waals surface area (Å²) in [5, 5.41) is 30.4. The number of hydrogen-bond donors (Lipinski definition) is 4. The quantitative estimate of drug-likeness (QED) is 0.0850. The van der Waals surface area contributed by atoms with Crippen LogP contribution in [0.15, 0.2) is 88.4 Å². The van der Waals surface area contributed by atoms with Gasteiger partial charge in [0.25, 0.3) is 5.69 Å². The first kappa shape index (κ1) is 27.5. The number of hydrazone groups is 1. The van der Waals surface area contributed by atoms with Crippen molar-refractivity contribution < 1.29 is 19.2 Å². The number of nitrogens with one attached hydrogen (secondary N) is 3. The van der Waals surface area contributed by atoms with Crippen LogP contribution in [0.4, 0.5) is 34.9 Å². The number of aromatic nitrogens is 3. The minimum atomic E-state index is -1.00. The number of carboxylic acids is 1. The van der Waals surface area contributed by atoms with E-state index in [0.29, 0.717) is 22.8 Å². The summed E-state index contributed by atoms with van der Waals surface area (Å²) in [6.45, 7) is 4.02. The Morgan fingerprint density at radius 2 is 1.50 bits per heavy atom. The lowest BCUT2D eigenvalue weighted by molar-refractivity contribution is -0.384. The number of aryl methyl sites for hydroxylation is 2. The number of nitro groups is 1. The van der Waals surface area contributed by atoms with Crippen molar-refractivity contribution in [3.63, 3.8) is 0 Å². The molecule has 0 aliphatic rings. The molecule has 0 amide bonds. The van der Waals surface area contributed by atoms with Crippen molar-refractivity contribution in [2.45, 2.75) is 13.8 Å². The van der Waals surface area contributed by atoms with E-state index >= 15 is 0 Å². The Bertz CT molecular complexity index is 1780. The van der Waals surface area contributed by atoms with Gasteiger partial charge in [0.1, 0.15) is 11.5 Å². The maximum atomic E-state index is 11.1. The highest BCUT2D eigenvalue weighted by Gasteiger charge is 2.11. The zero-order valence-electron chi connectivity index (χ0n) is 22.4. The van der Waals surface area contributed by atoms with Gasteiger partial charge in [0, 0.05) is 29.1 Å².